The van der Waals surface area contributed by atoms with Crippen LogP contribution in [0.4, 0.5) is 0 Å². The highest BCUT2D eigenvalue weighted by Crippen LogP contribution is 2.23. The number of aromatic nitrogens is 1. The van der Waals surface area contributed by atoms with Crippen molar-refractivity contribution in [3.8, 4) is 0 Å². The van der Waals surface area contributed by atoms with Gasteiger partial charge in [0.15, 0.2) is 4.80 Å². The Labute approximate surface area is 149 Å². The fourth-order valence-electron chi connectivity index (χ4n) is 2.72. The smallest absolute Gasteiger partial charge is 0.279 e. The fourth-order valence-corrected chi connectivity index (χ4v) is 4.06. The topological polar surface area (TPSA) is 34.4 Å². The van der Waals surface area contributed by atoms with Gasteiger partial charge in [-0.25, -0.2) is 0 Å². The third kappa shape index (κ3) is 3.21. The van der Waals surface area contributed by atoms with E-state index in [-0.39, 0.29) is 5.91 Å². The summed E-state index contributed by atoms with van der Waals surface area (Å²) in [4.78, 5) is 17.5. The second kappa shape index (κ2) is 6.75. The van der Waals surface area contributed by atoms with Crippen molar-refractivity contribution >= 4 is 39.1 Å². The van der Waals surface area contributed by atoms with Crippen molar-refractivity contribution in [2.45, 2.75) is 20.4 Å². The minimum atomic E-state index is -0.273. The Morgan fingerprint density at radius 2 is 2.00 bits per heavy atom. The molecule has 0 N–H and O–H groups in total. The van der Waals surface area contributed by atoms with Crippen molar-refractivity contribution in [2.75, 3.05) is 0 Å². The molecule has 0 aliphatic heterocycles. The number of thiazole rings is 1. The number of carbonyl (C=O) groups excluding carboxylic acids is 1. The summed E-state index contributed by atoms with van der Waals surface area (Å²) in [6.07, 6.45) is 1.82. The average molecular weight is 357 g/mol. The van der Waals surface area contributed by atoms with Gasteiger partial charge in [0.05, 0.1) is 10.2 Å². The van der Waals surface area contributed by atoms with E-state index < -0.39 is 0 Å². The summed E-state index contributed by atoms with van der Waals surface area (Å²) >= 11 is 7.39. The summed E-state index contributed by atoms with van der Waals surface area (Å²) in [7, 11) is 0. The van der Waals surface area contributed by atoms with Gasteiger partial charge in [-0.05, 0) is 55.3 Å². The Kier molecular flexibility index (Phi) is 4.69. The highest BCUT2D eigenvalue weighted by Gasteiger charge is 2.11. The molecular formula is C19H17ClN2OS. The van der Waals surface area contributed by atoms with E-state index in [0.717, 1.165) is 10.2 Å². The van der Waals surface area contributed by atoms with Gasteiger partial charge in [-0.15, -0.1) is 6.58 Å². The first-order valence-corrected chi connectivity index (χ1v) is 8.75. The minimum absolute atomic E-state index is 0.273. The first-order valence-electron chi connectivity index (χ1n) is 7.55. The number of halogens is 1. The predicted octanol–water partition coefficient (Wildman–Crippen LogP) is 4.90. The van der Waals surface area contributed by atoms with E-state index >= 15 is 0 Å². The Morgan fingerprint density at radius 1 is 1.29 bits per heavy atom. The zero-order chi connectivity index (χ0) is 17.3. The number of allylic oxidation sites excluding steroid dienone is 1. The lowest BCUT2D eigenvalue weighted by Gasteiger charge is -2.05. The lowest BCUT2D eigenvalue weighted by Crippen LogP contribution is -2.16. The molecule has 1 amide bonds. The predicted molar refractivity (Wildman–Crippen MR) is 101 cm³/mol. The monoisotopic (exact) mass is 356 g/mol. The molecule has 0 bridgehead atoms. The number of amides is 1. The van der Waals surface area contributed by atoms with Gasteiger partial charge in [0.25, 0.3) is 5.91 Å². The van der Waals surface area contributed by atoms with Crippen LogP contribution in [0, 0.1) is 13.8 Å². The van der Waals surface area contributed by atoms with Crippen molar-refractivity contribution in [1.82, 2.24) is 4.57 Å². The van der Waals surface area contributed by atoms with Gasteiger partial charge in [-0.3, -0.25) is 4.79 Å². The van der Waals surface area contributed by atoms with Crippen LogP contribution < -0.4 is 4.80 Å². The Balaban J connectivity index is 2.19. The second-order valence-electron chi connectivity index (χ2n) is 5.64. The van der Waals surface area contributed by atoms with Gasteiger partial charge in [-0.1, -0.05) is 35.1 Å². The van der Waals surface area contributed by atoms with Crippen molar-refractivity contribution < 1.29 is 4.79 Å². The summed E-state index contributed by atoms with van der Waals surface area (Å²) in [5.41, 5.74) is 3.99. The normalized spacial score (nSPS) is 11.9. The molecule has 0 fully saturated rings. The quantitative estimate of drug-likeness (QED) is 0.614. The lowest BCUT2D eigenvalue weighted by molar-refractivity contribution is 0.0998. The molecule has 3 rings (SSSR count). The highest BCUT2D eigenvalue weighted by atomic mass is 35.5. The summed E-state index contributed by atoms with van der Waals surface area (Å²) in [5, 5.41) is 0.598. The molecular weight excluding hydrogens is 340 g/mol. The Bertz CT molecular complexity index is 997. The van der Waals surface area contributed by atoms with Crippen LogP contribution in [0.15, 0.2) is 54.0 Å². The highest BCUT2D eigenvalue weighted by molar-refractivity contribution is 7.16. The third-order valence-corrected chi connectivity index (χ3v) is 4.99. The lowest BCUT2D eigenvalue weighted by atomic mass is 10.1. The van der Waals surface area contributed by atoms with Gasteiger partial charge in [0.2, 0.25) is 0 Å². The third-order valence-electron chi connectivity index (χ3n) is 3.71. The molecule has 122 valence electrons. The number of hydrogen-bond donors (Lipinski definition) is 0. The van der Waals surface area contributed by atoms with Crippen LogP contribution in [0.3, 0.4) is 0 Å². The first kappa shape index (κ1) is 16.7. The number of aryl methyl sites for hydroxylation is 2. The maximum Gasteiger partial charge on any atom is 0.279 e. The summed E-state index contributed by atoms with van der Waals surface area (Å²) in [5.74, 6) is -0.273. The van der Waals surface area contributed by atoms with Crippen molar-refractivity contribution in [3.05, 3.63) is 75.6 Å². The molecule has 5 heteroatoms. The molecule has 1 aromatic heterocycles. The molecule has 2 aromatic carbocycles. The van der Waals surface area contributed by atoms with Crippen LogP contribution in [0.1, 0.15) is 21.5 Å². The molecule has 3 aromatic rings. The molecule has 0 saturated heterocycles. The van der Waals surface area contributed by atoms with Crippen LogP contribution in [0.5, 0.6) is 0 Å². The molecule has 24 heavy (non-hydrogen) atoms. The molecule has 0 unspecified atom stereocenters. The maximum atomic E-state index is 12.5. The molecule has 1 heterocycles. The summed E-state index contributed by atoms with van der Waals surface area (Å²) < 4.78 is 3.16. The summed E-state index contributed by atoms with van der Waals surface area (Å²) in [6, 6.07) is 11.0. The molecule has 0 saturated carbocycles. The number of nitrogens with zero attached hydrogens (tertiary/aromatic N) is 2. The number of fused-ring (bicyclic) bond motifs is 1. The van der Waals surface area contributed by atoms with Gasteiger partial charge >= 0.3 is 0 Å². The van der Waals surface area contributed by atoms with Crippen molar-refractivity contribution in [3.63, 3.8) is 0 Å². The second-order valence-corrected chi connectivity index (χ2v) is 7.08. The largest absolute Gasteiger partial charge is 0.312 e. The molecule has 0 radical (unpaired) electrons. The van der Waals surface area contributed by atoms with Gasteiger partial charge < -0.3 is 4.57 Å². The Hall–Kier alpha value is -2.17. The number of benzene rings is 2. The standard InChI is InChI=1S/C19H17ClN2OS/c1-4-9-22-17-13(3)10-12(2)11-16(17)24-19(22)21-18(23)14-5-7-15(20)8-6-14/h4-8,10-11H,1,9H2,2-3H3. The van der Waals surface area contributed by atoms with E-state index in [4.69, 9.17) is 11.6 Å². The van der Waals surface area contributed by atoms with Gasteiger partial charge in [0.1, 0.15) is 0 Å². The molecule has 0 spiro atoms. The number of carbonyl (C=O) groups is 1. The van der Waals surface area contributed by atoms with Crippen LogP contribution in [0.2, 0.25) is 5.02 Å². The van der Waals surface area contributed by atoms with Gasteiger partial charge in [0, 0.05) is 17.1 Å². The van der Waals surface area contributed by atoms with Gasteiger partial charge in [-0.2, -0.15) is 4.99 Å². The first-order chi connectivity index (χ1) is 11.5. The number of rotatable bonds is 3. The molecule has 0 atom stereocenters. The van der Waals surface area contributed by atoms with Crippen LogP contribution in [-0.4, -0.2) is 10.5 Å². The molecule has 0 aliphatic carbocycles. The minimum Gasteiger partial charge on any atom is -0.312 e. The fraction of sp³-hybridized carbons (Fsp3) is 0.158. The van der Waals surface area contributed by atoms with E-state index in [9.17, 15) is 4.79 Å². The van der Waals surface area contributed by atoms with Crippen molar-refractivity contribution in [2.24, 2.45) is 4.99 Å². The molecule has 3 nitrogen and oxygen atoms in total. The molecule has 0 aliphatic rings. The average Bonchev–Trinajstić information content (AvgIpc) is 2.85. The van der Waals surface area contributed by atoms with Crippen LogP contribution in [-0.2, 0) is 6.54 Å². The zero-order valence-electron chi connectivity index (χ0n) is 13.5. The van der Waals surface area contributed by atoms with E-state index in [1.165, 1.54) is 22.5 Å². The van der Waals surface area contributed by atoms with E-state index in [2.05, 4.69) is 37.6 Å². The van der Waals surface area contributed by atoms with Crippen LogP contribution >= 0.6 is 22.9 Å². The maximum absolute atomic E-state index is 12.5. The van der Waals surface area contributed by atoms with E-state index in [1.807, 2.05) is 10.6 Å². The van der Waals surface area contributed by atoms with Crippen molar-refractivity contribution in [1.29, 1.82) is 0 Å². The van der Waals surface area contributed by atoms with E-state index in [0.29, 0.717) is 21.9 Å². The Morgan fingerprint density at radius 3 is 2.67 bits per heavy atom. The SMILES string of the molecule is C=CCn1c(=NC(=O)c2ccc(Cl)cc2)sc2cc(C)cc(C)c21. The summed E-state index contributed by atoms with van der Waals surface area (Å²) in [6.45, 7) is 8.57. The van der Waals surface area contributed by atoms with Crippen LogP contribution in [0.25, 0.3) is 10.2 Å². The zero-order valence-corrected chi connectivity index (χ0v) is 15.1. The van der Waals surface area contributed by atoms with E-state index in [1.54, 1.807) is 24.3 Å². The number of hydrogen-bond acceptors (Lipinski definition) is 2.